The van der Waals surface area contributed by atoms with Crippen LogP contribution in [-0.2, 0) is 32.4 Å². The first-order valence-electron chi connectivity index (χ1n) is 11.7. The van der Waals surface area contributed by atoms with Crippen LogP contribution in [0.25, 0.3) is 10.2 Å². The smallest absolute Gasteiger partial charge is 0.332 e. The highest BCUT2D eigenvalue weighted by molar-refractivity contribution is 7.18. The predicted octanol–water partition coefficient (Wildman–Crippen LogP) is 4.55. The van der Waals surface area contributed by atoms with Gasteiger partial charge in [0.25, 0.3) is 5.56 Å². The molecule has 0 N–H and O–H groups in total. The summed E-state index contributed by atoms with van der Waals surface area (Å²) in [7, 11) is 3.15. The lowest BCUT2D eigenvalue weighted by Gasteiger charge is -2.14. The molecule has 2 heterocycles. The maximum absolute atomic E-state index is 14.5. The lowest BCUT2D eigenvalue weighted by molar-refractivity contribution is 0.354. The van der Waals surface area contributed by atoms with Gasteiger partial charge in [-0.3, -0.25) is 13.9 Å². The van der Waals surface area contributed by atoms with Crippen LogP contribution in [0.5, 0.6) is 11.5 Å². The number of hydrogen-bond acceptors (Lipinski definition) is 5. The highest BCUT2D eigenvalue weighted by atomic mass is 32.1. The predicted molar refractivity (Wildman–Crippen MR) is 136 cm³/mol. The third-order valence-electron chi connectivity index (χ3n) is 6.68. The van der Waals surface area contributed by atoms with Gasteiger partial charge in [0, 0.05) is 17.0 Å². The summed E-state index contributed by atoms with van der Waals surface area (Å²) in [6.45, 7) is 0.295. The monoisotopic (exact) mass is 494 g/mol. The van der Waals surface area contributed by atoms with Gasteiger partial charge in [-0.1, -0.05) is 24.3 Å². The molecule has 0 spiro atoms. The van der Waals surface area contributed by atoms with E-state index in [0.29, 0.717) is 33.7 Å². The minimum absolute atomic E-state index is 0.0814. The van der Waals surface area contributed by atoms with Crippen molar-refractivity contribution in [1.29, 1.82) is 0 Å². The Morgan fingerprint density at radius 3 is 2.51 bits per heavy atom. The van der Waals surface area contributed by atoms with Crippen molar-refractivity contribution in [2.75, 3.05) is 14.2 Å². The maximum atomic E-state index is 14.5. The van der Waals surface area contributed by atoms with Crippen molar-refractivity contribution < 1.29 is 13.9 Å². The highest BCUT2D eigenvalue weighted by Crippen LogP contribution is 2.34. The first kappa shape index (κ1) is 23.4. The van der Waals surface area contributed by atoms with Crippen LogP contribution in [0.4, 0.5) is 4.39 Å². The van der Waals surface area contributed by atoms with Crippen molar-refractivity contribution >= 4 is 21.6 Å². The summed E-state index contributed by atoms with van der Waals surface area (Å²) in [6.07, 6.45) is 4.31. The number of methoxy groups -OCH3 is 2. The highest BCUT2D eigenvalue weighted by Gasteiger charge is 2.24. The standard InChI is InChI=1S/C27H27FN2O4S/c1-33-21-12-11-17(15-22(21)34-2)13-14-29-25(31)24-19-8-4-6-10-23(19)35-26(24)30(27(29)32)16-18-7-3-5-9-20(18)28/h3,5,7,9,11-12,15H,4,6,8,10,13-14,16H2,1-2H3. The van der Waals surface area contributed by atoms with E-state index >= 15 is 0 Å². The third-order valence-corrected chi connectivity index (χ3v) is 7.99. The van der Waals surface area contributed by atoms with Gasteiger partial charge in [-0.2, -0.15) is 0 Å². The van der Waals surface area contributed by atoms with Crippen LogP contribution in [0.1, 0.15) is 34.4 Å². The third kappa shape index (κ3) is 4.27. The first-order chi connectivity index (χ1) is 17.0. The van der Waals surface area contributed by atoms with Gasteiger partial charge >= 0.3 is 5.69 Å². The molecule has 182 valence electrons. The number of fused-ring (bicyclic) bond motifs is 3. The summed E-state index contributed by atoms with van der Waals surface area (Å²) in [4.78, 5) is 29.1. The van der Waals surface area contributed by atoms with Crippen LogP contribution < -0.4 is 20.7 Å². The van der Waals surface area contributed by atoms with Gasteiger partial charge in [-0.25, -0.2) is 9.18 Å². The molecular weight excluding hydrogens is 467 g/mol. The SMILES string of the molecule is COc1ccc(CCn2c(=O)c3c4c(sc3n(Cc3ccccc3F)c2=O)CCCC4)cc1OC. The molecule has 5 rings (SSSR count). The lowest BCUT2D eigenvalue weighted by Crippen LogP contribution is -2.40. The molecule has 1 aliphatic carbocycles. The molecule has 0 fully saturated rings. The fraction of sp³-hybridized carbons (Fsp3) is 0.333. The average molecular weight is 495 g/mol. The van der Waals surface area contributed by atoms with Crippen molar-refractivity contribution in [1.82, 2.24) is 9.13 Å². The zero-order chi connectivity index (χ0) is 24.5. The van der Waals surface area contributed by atoms with Crippen molar-refractivity contribution in [3.63, 3.8) is 0 Å². The molecule has 0 bridgehead atoms. The van der Waals surface area contributed by atoms with Crippen LogP contribution in [0, 0.1) is 5.82 Å². The van der Waals surface area contributed by atoms with Crippen LogP contribution in [0.3, 0.4) is 0 Å². The van der Waals surface area contributed by atoms with E-state index in [1.165, 1.54) is 26.8 Å². The van der Waals surface area contributed by atoms with E-state index < -0.39 is 5.69 Å². The molecule has 2 aromatic heterocycles. The van der Waals surface area contributed by atoms with Crippen LogP contribution >= 0.6 is 11.3 Å². The molecule has 0 saturated carbocycles. The molecule has 0 atom stereocenters. The van der Waals surface area contributed by atoms with Crippen molar-refractivity contribution in [2.24, 2.45) is 0 Å². The minimum Gasteiger partial charge on any atom is -0.493 e. The molecule has 0 amide bonds. The van der Waals surface area contributed by atoms with E-state index in [1.807, 2.05) is 18.2 Å². The largest absolute Gasteiger partial charge is 0.493 e. The second-order valence-corrected chi connectivity index (χ2v) is 9.83. The lowest BCUT2D eigenvalue weighted by atomic mass is 9.97. The molecule has 8 heteroatoms. The maximum Gasteiger partial charge on any atom is 0.332 e. The number of halogens is 1. The Morgan fingerprint density at radius 2 is 1.74 bits per heavy atom. The molecule has 6 nitrogen and oxygen atoms in total. The van der Waals surface area contributed by atoms with Crippen molar-refractivity contribution in [2.45, 2.75) is 45.2 Å². The number of nitrogens with zero attached hydrogens (tertiary/aromatic N) is 2. The zero-order valence-corrected chi connectivity index (χ0v) is 20.6. The van der Waals surface area contributed by atoms with Gasteiger partial charge in [0.05, 0.1) is 26.2 Å². The number of rotatable bonds is 7. The van der Waals surface area contributed by atoms with Crippen LogP contribution in [0.15, 0.2) is 52.1 Å². The van der Waals surface area contributed by atoms with Crippen LogP contribution in [0.2, 0.25) is 0 Å². The molecule has 0 radical (unpaired) electrons. The summed E-state index contributed by atoms with van der Waals surface area (Å²) in [5, 5.41) is 0.618. The van der Waals surface area contributed by atoms with Gasteiger partial charge in [-0.05, 0) is 61.4 Å². The van der Waals surface area contributed by atoms with Gasteiger partial charge in [0.1, 0.15) is 10.6 Å². The van der Waals surface area contributed by atoms with E-state index in [4.69, 9.17) is 9.47 Å². The molecule has 2 aromatic carbocycles. The van der Waals surface area contributed by atoms with Crippen LogP contribution in [-0.4, -0.2) is 23.4 Å². The summed E-state index contributed by atoms with van der Waals surface area (Å²) in [5.41, 5.74) is 1.73. The normalized spacial score (nSPS) is 13.1. The fourth-order valence-electron chi connectivity index (χ4n) is 4.83. The number of hydrogen-bond donors (Lipinski definition) is 0. The summed E-state index contributed by atoms with van der Waals surface area (Å²) in [6, 6.07) is 12.0. The first-order valence-corrected chi connectivity index (χ1v) is 12.6. The van der Waals surface area contributed by atoms with E-state index in [2.05, 4.69) is 0 Å². The van der Waals surface area contributed by atoms with E-state index in [9.17, 15) is 14.0 Å². The molecule has 1 aliphatic rings. The van der Waals surface area contributed by atoms with Gasteiger partial charge in [0.15, 0.2) is 11.5 Å². The summed E-state index contributed by atoms with van der Waals surface area (Å²) in [5.74, 6) is 0.848. The average Bonchev–Trinajstić information content (AvgIpc) is 3.27. The Bertz CT molecular complexity index is 1520. The molecule has 35 heavy (non-hydrogen) atoms. The second-order valence-electron chi connectivity index (χ2n) is 8.75. The molecular formula is C27H27FN2O4S. The molecule has 0 unspecified atom stereocenters. The minimum atomic E-state index is -0.412. The van der Waals surface area contributed by atoms with Crippen molar-refractivity contribution in [3.8, 4) is 11.5 Å². The Kier molecular flexibility index (Phi) is 6.47. The van der Waals surface area contributed by atoms with Gasteiger partial charge < -0.3 is 9.47 Å². The Balaban J connectivity index is 1.61. The zero-order valence-electron chi connectivity index (χ0n) is 19.8. The Morgan fingerprint density at radius 1 is 0.971 bits per heavy atom. The summed E-state index contributed by atoms with van der Waals surface area (Å²) >= 11 is 1.51. The topological polar surface area (TPSA) is 62.5 Å². The summed E-state index contributed by atoms with van der Waals surface area (Å²) < 4.78 is 28.1. The molecule has 0 saturated heterocycles. The molecule has 4 aromatic rings. The quantitative estimate of drug-likeness (QED) is 0.378. The fourth-order valence-corrected chi connectivity index (χ4v) is 6.20. The second kappa shape index (κ2) is 9.70. The Hall–Kier alpha value is -3.39. The van der Waals surface area contributed by atoms with E-state index in [0.717, 1.165) is 36.8 Å². The van der Waals surface area contributed by atoms with Gasteiger partial charge in [-0.15, -0.1) is 11.3 Å². The Labute approximate surface area is 206 Å². The number of aryl methyl sites for hydroxylation is 3. The van der Waals surface area contributed by atoms with Gasteiger partial charge in [0.2, 0.25) is 0 Å². The number of ether oxygens (including phenoxy) is 2. The number of thiophene rings is 1. The van der Waals surface area contributed by atoms with E-state index in [-0.39, 0.29) is 24.5 Å². The van der Waals surface area contributed by atoms with E-state index in [1.54, 1.807) is 37.0 Å². The number of aromatic nitrogens is 2. The van der Waals surface area contributed by atoms with Crippen molar-refractivity contribution in [3.05, 3.63) is 90.7 Å². The molecule has 0 aliphatic heterocycles. The number of benzene rings is 2.